The Morgan fingerprint density at radius 2 is 1.65 bits per heavy atom. The fraction of sp³-hybridized carbons (Fsp3) is 0.483. The van der Waals surface area contributed by atoms with E-state index < -0.39 is 28.3 Å². The van der Waals surface area contributed by atoms with Gasteiger partial charge in [0.2, 0.25) is 21.9 Å². The highest BCUT2D eigenvalue weighted by Crippen LogP contribution is 2.54. The number of aliphatic hydroxyl groups excluding tert-OH is 1. The summed E-state index contributed by atoms with van der Waals surface area (Å²) in [6.45, 7) is 1.53. The normalized spacial score (nSPS) is 19.7. The number of sulfonamides is 1. The lowest BCUT2D eigenvalue weighted by molar-refractivity contribution is -0.0222. The molecule has 2 aliphatic heterocycles. The molecule has 2 saturated heterocycles. The molecular formula is C29H33F2N7O4S. The molecule has 1 aromatic carbocycles. The molecule has 2 N–H and O–H groups in total. The highest BCUT2D eigenvalue weighted by Gasteiger charge is 2.44. The number of halogens is 2. The van der Waals surface area contributed by atoms with Crippen molar-refractivity contribution in [1.82, 2.24) is 19.6 Å². The van der Waals surface area contributed by atoms with Crippen molar-refractivity contribution in [1.29, 1.82) is 0 Å². The molecule has 0 bridgehead atoms. The fourth-order valence-electron chi connectivity index (χ4n) is 6.12. The van der Waals surface area contributed by atoms with Crippen LogP contribution in [-0.2, 0) is 10.0 Å². The van der Waals surface area contributed by atoms with E-state index in [0.717, 1.165) is 37.1 Å². The van der Waals surface area contributed by atoms with Crippen LogP contribution in [-0.4, -0.2) is 77.6 Å². The number of hydrogen-bond acceptors (Lipinski definition) is 9. The van der Waals surface area contributed by atoms with E-state index in [4.69, 9.17) is 14.5 Å². The fourth-order valence-corrected chi connectivity index (χ4v) is 6.95. The second-order valence-electron chi connectivity index (χ2n) is 11.9. The standard InChI is InChI=1S/C29H33F2N7O4S/c30-29(31)9-14-37(15-10-29)27-32-23(19-21-2-1-11-38(21)27)26-34-33-25(42-26)22-4-3-20(35-43(40,41)17-16-39)18-24(22)36-12-7-28(5-6-28)8-13-36/h1-4,11,18-19,35,39H,5-10,12-17H2. The maximum absolute atomic E-state index is 13.9. The minimum absolute atomic E-state index is 0.181. The molecule has 1 spiro atoms. The molecule has 4 aromatic rings. The van der Waals surface area contributed by atoms with Crippen LogP contribution in [0.15, 0.2) is 47.0 Å². The van der Waals surface area contributed by atoms with Crippen molar-refractivity contribution in [3.63, 3.8) is 0 Å². The number of fused-ring (bicyclic) bond motifs is 1. The van der Waals surface area contributed by atoms with Crippen molar-refractivity contribution >= 4 is 32.9 Å². The second kappa shape index (κ2) is 10.4. The summed E-state index contributed by atoms with van der Waals surface area (Å²) in [5, 5.41) is 17.8. The Kier molecular flexibility index (Phi) is 6.80. The first-order valence-corrected chi connectivity index (χ1v) is 16.2. The number of nitrogens with zero attached hydrogens (tertiary/aromatic N) is 6. The molecule has 0 radical (unpaired) electrons. The van der Waals surface area contributed by atoms with Gasteiger partial charge in [-0.25, -0.2) is 22.2 Å². The smallest absolute Gasteiger partial charge is 0.266 e. The molecule has 0 unspecified atom stereocenters. The quantitative estimate of drug-likeness (QED) is 0.297. The van der Waals surface area contributed by atoms with E-state index in [1.807, 2.05) is 33.7 Å². The van der Waals surface area contributed by atoms with Crippen molar-refractivity contribution in [2.45, 2.75) is 44.4 Å². The molecule has 0 amide bonds. The zero-order valence-electron chi connectivity index (χ0n) is 23.5. The molecule has 5 heterocycles. The van der Waals surface area contributed by atoms with Crippen molar-refractivity contribution in [2.24, 2.45) is 5.41 Å². The van der Waals surface area contributed by atoms with Gasteiger partial charge in [-0.1, -0.05) is 0 Å². The molecule has 3 aromatic heterocycles. The molecule has 0 atom stereocenters. The average molecular weight is 614 g/mol. The topological polar surface area (TPSA) is 129 Å². The van der Waals surface area contributed by atoms with Gasteiger partial charge in [0.25, 0.3) is 11.8 Å². The van der Waals surface area contributed by atoms with Gasteiger partial charge in [0.15, 0.2) is 0 Å². The summed E-state index contributed by atoms with van der Waals surface area (Å²) in [5.41, 5.74) is 3.52. The summed E-state index contributed by atoms with van der Waals surface area (Å²) in [6.07, 6.45) is 6.01. The summed E-state index contributed by atoms with van der Waals surface area (Å²) >= 11 is 0. The Bertz CT molecular complexity index is 1750. The third kappa shape index (κ3) is 5.65. The van der Waals surface area contributed by atoms with Crippen LogP contribution in [0.1, 0.15) is 38.5 Å². The number of benzene rings is 1. The predicted octanol–water partition coefficient (Wildman–Crippen LogP) is 4.40. The summed E-state index contributed by atoms with van der Waals surface area (Å²) < 4.78 is 63.1. The molecule has 1 aliphatic carbocycles. The highest BCUT2D eigenvalue weighted by atomic mass is 32.2. The number of rotatable bonds is 8. The van der Waals surface area contributed by atoms with Crippen LogP contribution < -0.4 is 14.5 Å². The lowest BCUT2D eigenvalue weighted by Crippen LogP contribution is -2.40. The Morgan fingerprint density at radius 1 is 0.930 bits per heavy atom. The first-order valence-electron chi connectivity index (χ1n) is 14.6. The Labute approximate surface area is 247 Å². The van der Waals surface area contributed by atoms with E-state index in [9.17, 15) is 17.2 Å². The van der Waals surface area contributed by atoms with E-state index in [0.29, 0.717) is 28.3 Å². The van der Waals surface area contributed by atoms with E-state index in [-0.39, 0.29) is 37.7 Å². The first-order chi connectivity index (χ1) is 20.6. The summed E-state index contributed by atoms with van der Waals surface area (Å²) in [7, 11) is -3.71. The number of aliphatic hydroxyl groups is 1. The summed E-state index contributed by atoms with van der Waals surface area (Å²) in [5.74, 6) is -2.08. The number of aromatic nitrogens is 4. The van der Waals surface area contributed by atoms with E-state index in [1.54, 1.807) is 18.2 Å². The van der Waals surface area contributed by atoms with Crippen molar-refractivity contribution in [3.05, 3.63) is 42.6 Å². The molecular weight excluding hydrogens is 580 g/mol. The summed E-state index contributed by atoms with van der Waals surface area (Å²) in [6, 6.07) is 10.8. The highest BCUT2D eigenvalue weighted by molar-refractivity contribution is 7.92. The van der Waals surface area contributed by atoms with Crippen LogP contribution in [0, 0.1) is 5.41 Å². The Hall–Kier alpha value is -3.78. The van der Waals surface area contributed by atoms with Crippen LogP contribution in [0.4, 0.5) is 26.1 Å². The van der Waals surface area contributed by atoms with Crippen LogP contribution in [0.5, 0.6) is 0 Å². The summed E-state index contributed by atoms with van der Waals surface area (Å²) in [4.78, 5) is 8.84. The van der Waals surface area contributed by atoms with Gasteiger partial charge >= 0.3 is 0 Å². The average Bonchev–Trinajstić information content (AvgIpc) is 3.34. The molecule has 3 aliphatic rings. The van der Waals surface area contributed by atoms with Crippen LogP contribution in [0.3, 0.4) is 0 Å². The van der Waals surface area contributed by atoms with Gasteiger partial charge in [-0.2, -0.15) is 0 Å². The van der Waals surface area contributed by atoms with Gasteiger partial charge < -0.3 is 19.3 Å². The van der Waals surface area contributed by atoms with Gasteiger partial charge in [0.05, 0.1) is 34.8 Å². The van der Waals surface area contributed by atoms with Gasteiger partial charge in [-0.05, 0) is 67.5 Å². The van der Waals surface area contributed by atoms with E-state index in [1.165, 1.54) is 12.8 Å². The van der Waals surface area contributed by atoms with Gasteiger partial charge in [0, 0.05) is 45.2 Å². The third-order valence-corrected chi connectivity index (χ3v) is 10.2. The largest absolute Gasteiger partial charge is 0.415 e. The molecule has 7 rings (SSSR count). The molecule has 11 nitrogen and oxygen atoms in total. The zero-order valence-corrected chi connectivity index (χ0v) is 24.4. The van der Waals surface area contributed by atoms with E-state index >= 15 is 0 Å². The number of alkyl halides is 2. The third-order valence-electron chi connectivity index (χ3n) is 8.91. The number of nitrogens with one attached hydrogen (secondary N) is 1. The Morgan fingerprint density at radius 3 is 2.37 bits per heavy atom. The molecule has 3 fully saturated rings. The molecule has 1 saturated carbocycles. The first kappa shape index (κ1) is 28.0. The predicted molar refractivity (Wildman–Crippen MR) is 158 cm³/mol. The zero-order chi connectivity index (χ0) is 29.8. The second-order valence-corrected chi connectivity index (χ2v) is 13.7. The lowest BCUT2D eigenvalue weighted by Gasteiger charge is -2.35. The SMILES string of the molecule is O=S(=O)(CCO)Nc1ccc(-c2nnc(-c3cc4cccn4c(N4CCC(F)(F)CC4)n3)o2)c(N2CCC3(CC2)CC3)c1. The maximum atomic E-state index is 13.9. The van der Waals surface area contributed by atoms with Crippen LogP contribution in [0.2, 0.25) is 0 Å². The van der Waals surface area contributed by atoms with Gasteiger partial charge in [0.1, 0.15) is 5.69 Å². The Balaban J connectivity index is 1.23. The number of hydrogen-bond donors (Lipinski definition) is 2. The minimum Gasteiger partial charge on any atom is -0.415 e. The van der Waals surface area contributed by atoms with Crippen molar-refractivity contribution in [3.8, 4) is 23.0 Å². The van der Waals surface area contributed by atoms with Crippen LogP contribution >= 0.6 is 0 Å². The van der Waals surface area contributed by atoms with Crippen molar-refractivity contribution < 1.29 is 26.7 Å². The lowest BCUT2D eigenvalue weighted by atomic mass is 9.93. The van der Waals surface area contributed by atoms with E-state index in [2.05, 4.69) is 19.8 Å². The van der Waals surface area contributed by atoms with Crippen LogP contribution in [0.25, 0.3) is 28.6 Å². The molecule has 43 heavy (non-hydrogen) atoms. The molecule has 228 valence electrons. The minimum atomic E-state index is -3.71. The monoisotopic (exact) mass is 613 g/mol. The number of anilines is 3. The molecule has 14 heteroatoms. The van der Waals surface area contributed by atoms with Gasteiger partial charge in [-0.15, -0.1) is 10.2 Å². The van der Waals surface area contributed by atoms with Gasteiger partial charge in [-0.3, -0.25) is 9.12 Å². The number of piperidine rings is 2. The van der Waals surface area contributed by atoms with Crippen molar-refractivity contribution in [2.75, 3.05) is 53.1 Å². The maximum Gasteiger partial charge on any atom is 0.266 e.